The molecule has 0 bridgehead atoms. The van der Waals surface area contributed by atoms with E-state index in [2.05, 4.69) is 0 Å². The highest BCUT2D eigenvalue weighted by molar-refractivity contribution is 6.04. The van der Waals surface area contributed by atoms with Crippen molar-refractivity contribution in [2.45, 2.75) is 27.3 Å². The van der Waals surface area contributed by atoms with Gasteiger partial charge in [0.2, 0.25) is 5.91 Å². The van der Waals surface area contributed by atoms with E-state index in [0.29, 0.717) is 23.5 Å². The third-order valence-corrected chi connectivity index (χ3v) is 5.62. The first kappa shape index (κ1) is 21.5. The minimum atomic E-state index is -0.210. The molecule has 1 aliphatic heterocycles. The molecule has 0 fully saturated rings. The zero-order chi connectivity index (χ0) is 22.1. The maximum Gasteiger partial charge on any atom is 0.433 e. The Labute approximate surface area is 177 Å². The fourth-order valence-corrected chi connectivity index (χ4v) is 3.72. The van der Waals surface area contributed by atoms with E-state index in [1.165, 1.54) is 12.0 Å². The lowest BCUT2D eigenvalue weighted by atomic mass is 10.1. The Bertz CT molecular complexity index is 1020. The standard InChI is InChI=1S/C23H29N4O3/c1-6-30-26(17(3)28)15-19-14-20(11-12-21(19)24)25(4)23(29)27(5)16(2)13-18-9-7-8-10-22(18)27/h7-14H,6,15,24H2,1-5H3/q+1. The van der Waals surface area contributed by atoms with Crippen LogP contribution in [0, 0.1) is 0 Å². The number of anilines is 2. The number of amides is 3. The van der Waals surface area contributed by atoms with E-state index in [-0.39, 0.29) is 23.0 Å². The summed E-state index contributed by atoms with van der Waals surface area (Å²) in [5.74, 6) is -0.210. The van der Waals surface area contributed by atoms with Gasteiger partial charge in [-0.3, -0.25) is 14.5 Å². The number of carbonyl (C=O) groups is 2. The highest BCUT2D eigenvalue weighted by atomic mass is 16.7. The van der Waals surface area contributed by atoms with Crippen LogP contribution in [0.15, 0.2) is 48.2 Å². The number of nitrogen functional groups attached to an aromatic ring is 1. The summed E-state index contributed by atoms with van der Waals surface area (Å²) < 4.78 is 0.0743. The first-order valence-corrected chi connectivity index (χ1v) is 9.92. The summed E-state index contributed by atoms with van der Waals surface area (Å²) in [7, 11) is 3.65. The molecule has 0 aromatic heterocycles. The molecule has 0 aliphatic carbocycles. The number of nitrogens with two attached hydrogens (primary N) is 1. The van der Waals surface area contributed by atoms with Crippen molar-refractivity contribution in [3.63, 3.8) is 0 Å². The molecule has 158 valence electrons. The first-order valence-electron chi connectivity index (χ1n) is 9.92. The SMILES string of the molecule is CCON(Cc1cc(N(C)C(=O)[N+]2(C)C(C)=Cc3ccccc32)ccc1N)C(C)=O. The van der Waals surface area contributed by atoms with Gasteiger partial charge in [0.05, 0.1) is 20.2 Å². The van der Waals surface area contributed by atoms with Crippen LogP contribution in [0.4, 0.5) is 21.9 Å². The molecule has 1 atom stereocenters. The van der Waals surface area contributed by atoms with Gasteiger partial charge in [0.1, 0.15) is 5.70 Å². The number of hydroxylamine groups is 2. The highest BCUT2D eigenvalue weighted by Gasteiger charge is 2.45. The van der Waals surface area contributed by atoms with E-state index in [4.69, 9.17) is 10.6 Å². The predicted molar refractivity (Wildman–Crippen MR) is 120 cm³/mol. The number of fused-ring (bicyclic) bond motifs is 1. The number of urea groups is 1. The van der Waals surface area contributed by atoms with Crippen molar-refractivity contribution in [2.75, 3.05) is 31.3 Å². The molecule has 7 heteroatoms. The zero-order valence-electron chi connectivity index (χ0n) is 18.2. The van der Waals surface area contributed by atoms with Crippen LogP contribution in [0.25, 0.3) is 6.08 Å². The van der Waals surface area contributed by atoms with E-state index in [9.17, 15) is 9.59 Å². The van der Waals surface area contributed by atoms with Crippen molar-refractivity contribution in [3.8, 4) is 0 Å². The minimum Gasteiger partial charge on any atom is -0.398 e. The van der Waals surface area contributed by atoms with E-state index in [1.54, 1.807) is 18.0 Å². The van der Waals surface area contributed by atoms with Gasteiger partial charge in [-0.05, 0) is 36.8 Å². The van der Waals surface area contributed by atoms with Crippen molar-refractivity contribution >= 4 is 35.1 Å². The highest BCUT2D eigenvalue weighted by Crippen LogP contribution is 2.40. The topological polar surface area (TPSA) is 75.9 Å². The van der Waals surface area contributed by atoms with Crippen molar-refractivity contribution in [3.05, 3.63) is 59.3 Å². The van der Waals surface area contributed by atoms with Crippen LogP contribution in [0.1, 0.15) is 31.9 Å². The van der Waals surface area contributed by atoms with Gasteiger partial charge in [-0.2, -0.15) is 4.48 Å². The second kappa shape index (κ2) is 8.30. The fourth-order valence-electron chi connectivity index (χ4n) is 3.72. The summed E-state index contributed by atoms with van der Waals surface area (Å²) in [5.41, 5.74) is 11.0. The number of quaternary nitrogens is 1. The van der Waals surface area contributed by atoms with Gasteiger partial charge >= 0.3 is 6.03 Å². The number of allylic oxidation sites excluding steroid dienone is 1. The molecular formula is C23H29N4O3+. The van der Waals surface area contributed by atoms with Gasteiger partial charge in [-0.15, -0.1) is 0 Å². The Kier molecular flexibility index (Phi) is 5.96. The molecule has 3 amide bonds. The Morgan fingerprint density at radius 2 is 1.87 bits per heavy atom. The average Bonchev–Trinajstić information content (AvgIpc) is 2.99. The van der Waals surface area contributed by atoms with Crippen LogP contribution in [0.2, 0.25) is 0 Å². The monoisotopic (exact) mass is 409 g/mol. The third kappa shape index (κ3) is 3.69. The lowest BCUT2D eigenvalue weighted by molar-refractivity contribution is -0.186. The molecule has 0 saturated carbocycles. The smallest absolute Gasteiger partial charge is 0.398 e. The van der Waals surface area contributed by atoms with Gasteiger partial charge in [-0.1, -0.05) is 12.1 Å². The molecule has 1 heterocycles. The molecule has 0 spiro atoms. The molecule has 30 heavy (non-hydrogen) atoms. The van der Waals surface area contributed by atoms with Crippen LogP contribution in [0.5, 0.6) is 0 Å². The number of benzene rings is 2. The predicted octanol–water partition coefficient (Wildman–Crippen LogP) is 4.14. The van der Waals surface area contributed by atoms with Gasteiger partial charge < -0.3 is 5.73 Å². The molecule has 7 nitrogen and oxygen atoms in total. The van der Waals surface area contributed by atoms with Crippen LogP contribution < -0.4 is 15.1 Å². The number of hydrogen-bond donors (Lipinski definition) is 1. The van der Waals surface area contributed by atoms with Crippen LogP contribution in [-0.4, -0.2) is 37.7 Å². The number of carbonyl (C=O) groups excluding carboxylic acids is 2. The number of hydrogen-bond acceptors (Lipinski definition) is 4. The number of nitrogens with zero attached hydrogens (tertiary/aromatic N) is 3. The molecule has 0 radical (unpaired) electrons. The zero-order valence-corrected chi connectivity index (χ0v) is 18.2. The Balaban J connectivity index is 1.92. The maximum absolute atomic E-state index is 13.6. The fraction of sp³-hybridized carbons (Fsp3) is 0.304. The van der Waals surface area contributed by atoms with Crippen molar-refractivity contribution in [1.82, 2.24) is 9.55 Å². The van der Waals surface area contributed by atoms with Crippen molar-refractivity contribution in [1.29, 1.82) is 0 Å². The minimum absolute atomic E-state index is 0.0743. The largest absolute Gasteiger partial charge is 0.433 e. The van der Waals surface area contributed by atoms with E-state index in [1.807, 2.05) is 63.4 Å². The lowest BCUT2D eigenvalue weighted by Crippen LogP contribution is -2.54. The van der Waals surface area contributed by atoms with Gasteiger partial charge in [0, 0.05) is 50.0 Å². The summed E-state index contributed by atoms with van der Waals surface area (Å²) in [6.45, 7) is 5.80. The Morgan fingerprint density at radius 3 is 2.53 bits per heavy atom. The molecule has 1 aliphatic rings. The average molecular weight is 410 g/mol. The van der Waals surface area contributed by atoms with E-state index in [0.717, 1.165) is 16.9 Å². The quantitative estimate of drug-likeness (QED) is 0.458. The van der Waals surface area contributed by atoms with E-state index >= 15 is 0 Å². The van der Waals surface area contributed by atoms with Crippen LogP contribution >= 0.6 is 0 Å². The van der Waals surface area contributed by atoms with Gasteiger partial charge in [-0.25, -0.2) is 9.86 Å². The Hall–Kier alpha value is -3.16. The molecule has 2 N–H and O–H groups in total. The first-order chi connectivity index (χ1) is 14.2. The molecule has 1 unspecified atom stereocenters. The summed E-state index contributed by atoms with van der Waals surface area (Å²) in [4.78, 5) is 32.5. The van der Waals surface area contributed by atoms with Crippen molar-refractivity contribution in [2.24, 2.45) is 0 Å². The second-order valence-corrected chi connectivity index (χ2v) is 7.55. The normalized spacial score (nSPS) is 17.3. The van der Waals surface area contributed by atoms with E-state index < -0.39 is 0 Å². The number of para-hydroxylation sites is 1. The summed E-state index contributed by atoms with van der Waals surface area (Å²) >= 11 is 0. The lowest BCUT2D eigenvalue weighted by Gasteiger charge is -2.32. The molecule has 2 aromatic rings. The number of rotatable bonds is 5. The van der Waals surface area contributed by atoms with Crippen molar-refractivity contribution < 1.29 is 14.4 Å². The molecule has 0 saturated heterocycles. The maximum atomic E-state index is 13.6. The molecule has 2 aromatic carbocycles. The molecular weight excluding hydrogens is 380 g/mol. The van der Waals surface area contributed by atoms with Crippen LogP contribution in [-0.2, 0) is 16.2 Å². The summed E-state index contributed by atoms with van der Waals surface area (Å²) in [6, 6.07) is 13.2. The second-order valence-electron chi connectivity index (χ2n) is 7.55. The van der Waals surface area contributed by atoms with Gasteiger partial charge in [0.25, 0.3) is 0 Å². The molecule has 3 rings (SSSR count). The summed E-state index contributed by atoms with van der Waals surface area (Å²) in [5, 5.41) is 1.27. The Morgan fingerprint density at radius 1 is 1.17 bits per heavy atom. The van der Waals surface area contributed by atoms with Crippen LogP contribution in [0.3, 0.4) is 0 Å². The van der Waals surface area contributed by atoms with Gasteiger partial charge in [0.15, 0.2) is 5.69 Å². The third-order valence-electron chi connectivity index (χ3n) is 5.62. The summed E-state index contributed by atoms with van der Waals surface area (Å²) in [6.07, 6.45) is 2.04.